The van der Waals surface area contributed by atoms with Gasteiger partial charge in [-0.25, -0.2) is 4.79 Å². The van der Waals surface area contributed by atoms with E-state index in [0.717, 1.165) is 0 Å². The van der Waals surface area contributed by atoms with Crippen LogP contribution in [0.2, 0.25) is 0 Å². The standard InChI is InChI=1S/C10H18N4O4/c1-6(12-10(11)17)9(16)14-3-7(4-14)13-8(15)5-18-2/h6-7H,3-5H2,1-2H3,(H,13,15)(H3,11,12,17). The van der Waals surface area contributed by atoms with Crippen molar-refractivity contribution in [3.63, 3.8) is 0 Å². The SMILES string of the molecule is COCC(=O)NC1CN(C(=O)C(C)NC(N)=O)C1. The van der Waals surface area contributed by atoms with Gasteiger partial charge in [0.05, 0.1) is 6.04 Å². The molecule has 1 fully saturated rings. The molecule has 0 aromatic rings. The summed E-state index contributed by atoms with van der Waals surface area (Å²) in [7, 11) is 1.44. The van der Waals surface area contributed by atoms with Crippen LogP contribution in [0.15, 0.2) is 0 Å². The van der Waals surface area contributed by atoms with Crippen molar-refractivity contribution in [2.75, 3.05) is 26.8 Å². The van der Waals surface area contributed by atoms with Crippen LogP contribution in [0.1, 0.15) is 6.92 Å². The number of primary amides is 1. The highest BCUT2D eigenvalue weighted by molar-refractivity contribution is 5.87. The van der Waals surface area contributed by atoms with Crippen LogP contribution >= 0.6 is 0 Å². The molecule has 1 heterocycles. The number of urea groups is 1. The first-order chi connectivity index (χ1) is 8.43. The lowest BCUT2D eigenvalue weighted by molar-refractivity contribution is -0.139. The van der Waals surface area contributed by atoms with E-state index in [9.17, 15) is 14.4 Å². The van der Waals surface area contributed by atoms with Gasteiger partial charge in [0.25, 0.3) is 0 Å². The van der Waals surface area contributed by atoms with Crippen LogP contribution in [-0.2, 0) is 14.3 Å². The average molecular weight is 258 g/mol. The molecular weight excluding hydrogens is 240 g/mol. The molecule has 8 heteroatoms. The van der Waals surface area contributed by atoms with E-state index in [4.69, 9.17) is 5.73 Å². The molecule has 102 valence electrons. The van der Waals surface area contributed by atoms with Gasteiger partial charge in [0, 0.05) is 20.2 Å². The Bertz CT molecular complexity index is 341. The van der Waals surface area contributed by atoms with Crippen molar-refractivity contribution >= 4 is 17.8 Å². The number of methoxy groups -OCH3 is 1. The molecule has 0 saturated carbocycles. The van der Waals surface area contributed by atoms with Crippen molar-refractivity contribution < 1.29 is 19.1 Å². The summed E-state index contributed by atoms with van der Waals surface area (Å²) in [6.45, 7) is 2.42. The zero-order chi connectivity index (χ0) is 13.7. The van der Waals surface area contributed by atoms with E-state index in [1.165, 1.54) is 7.11 Å². The molecule has 18 heavy (non-hydrogen) atoms. The topological polar surface area (TPSA) is 114 Å². The Kier molecular flexibility index (Phi) is 4.90. The van der Waals surface area contributed by atoms with Gasteiger partial charge in [-0.2, -0.15) is 0 Å². The summed E-state index contributed by atoms with van der Waals surface area (Å²) in [6, 6.07) is -1.45. The van der Waals surface area contributed by atoms with Gasteiger partial charge in [-0.15, -0.1) is 0 Å². The highest BCUT2D eigenvalue weighted by Gasteiger charge is 2.33. The lowest BCUT2D eigenvalue weighted by Gasteiger charge is -2.40. The monoisotopic (exact) mass is 258 g/mol. The first kappa shape index (κ1) is 14.2. The zero-order valence-corrected chi connectivity index (χ0v) is 10.4. The zero-order valence-electron chi connectivity index (χ0n) is 10.4. The fourth-order valence-corrected chi connectivity index (χ4v) is 1.70. The van der Waals surface area contributed by atoms with Gasteiger partial charge in [0.1, 0.15) is 12.6 Å². The summed E-state index contributed by atoms with van der Waals surface area (Å²) in [5, 5.41) is 5.02. The van der Waals surface area contributed by atoms with Crippen LogP contribution in [0.25, 0.3) is 0 Å². The molecule has 0 aliphatic carbocycles. The minimum Gasteiger partial charge on any atom is -0.375 e. The first-order valence-corrected chi connectivity index (χ1v) is 5.57. The highest BCUT2D eigenvalue weighted by atomic mass is 16.5. The number of hydrogen-bond acceptors (Lipinski definition) is 4. The van der Waals surface area contributed by atoms with Gasteiger partial charge in [-0.05, 0) is 6.92 Å². The molecule has 1 unspecified atom stereocenters. The molecule has 0 bridgehead atoms. The van der Waals surface area contributed by atoms with Crippen LogP contribution in [-0.4, -0.2) is 61.6 Å². The third kappa shape index (κ3) is 3.88. The minimum absolute atomic E-state index is 0.00405. The summed E-state index contributed by atoms with van der Waals surface area (Å²) >= 11 is 0. The third-order valence-corrected chi connectivity index (χ3v) is 2.56. The van der Waals surface area contributed by atoms with Gasteiger partial charge in [0.2, 0.25) is 11.8 Å². The summed E-state index contributed by atoms with van der Waals surface area (Å²) < 4.78 is 4.68. The molecule has 4 N–H and O–H groups in total. The number of ether oxygens (including phenoxy) is 1. The maximum atomic E-state index is 11.7. The minimum atomic E-state index is -0.735. The summed E-state index contributed by atoms with van der Waals surface area (Å²) in [6.07, 6.45) is 0. The second-order valence-electron chi connectivity index (χ2n) is 4.17. The molecule has 1 aliphatic heterocycles. The Labute approximate surface area is 105 Å². The smallest absolute Gasteiger partial charge is 0.312 e. The fraction of sp³-hybridized carbons (Fsp3) is 0.700. The molecule has 1 aliphatic rings. The molecule has 1 rings (SSSR count). The first-order valence-electron chi connectivity index (χ1n) is 5.57. The Morgan fingerprint density at radius 3 is 2.56 bits per heavy atom. The van der Waals surface area contributed by atoms with Crippen LogP contribution < -0.4 is 16.4 Å². The Morgan fingerprint density at radius 2 is 2.06 bits per heavy atom. The maximum Gasteiger partial charge on any atom is 0.312 e. The quantitative estimate of drug-likeness (QED) is 0.530. The largest absolute Gasteiger partial charge is 0.375 e. The number of nitrogens with two attached hydrogens (primary N) is 1. The average Bonchev–Trinajstić information content (AvgIpc) is 2.21. The summed E-state index contributed by atoms with van der Waals surface area (Å²) in [4.78, 5) is 35.1. The maximum absolute atomic E-state index is 11.7. The number of carbonyl (C=O) groups is 3. The molecule has 4 amide bonds. The number of amides is 4. The summed E-state index contributed by atoms with van der Waals surface area (Å²) in [5.41, 5.74) is 4.93. The predicted molar refractivity (Wildman–Crippen MR) is 62.6 cm³/mol. The molecule has 0 spiro atoms. The molecule has 0 aromatic heterocycles. The van der Waals surface area contributed by atoms with E-state index in [-0.39, 0.29) is 24.5 Å². The van der Waals surface area contributed by atoms with Crippen molar-refractivity contribution in [1.29, 1.82) is 0 Å². The second-order valence-corrected chi connectivity index (χ2v) is 4.17. The third-order valence-electron chi connectivity index (χ3n) is 2.56. The van der Waals surface area contributed by atoms with Gasteiger partial charge in [0.15, 0.2) is 0 Å². The molecule has 1 saturated heterocycles. The molecule has 8 nitrogen and oxygen atoms in total. The molecular formula is C10H18N4O4. The van der Waals surface area contributed by atoms with Gasteiger partial charge in [-0.1, -0.05) is 0 Å². The normalized spacial score (nSPS) is 16.7. The number of hydrogen-bond donors (Lipinski definition) is 3. The number of carbonyl (C=O) groups excluding carboxylic acids is 3. The lowest BCUT2D eigenvalue weighted by atomic mass is 10.1. The molecule has 0 radical (unpaired) electrons. The number of nitrogens with zero attached hydrogens (tertiary/aromatic N) is 1. The number of rotatable bonds is 5. The van der Waals surface area contributed by atoms with Crippen molar-refractivity contribution in [3.05, 3.63) is 0 Å². The van der Waals surface area contributed by atoms with E-state index in [0.29, 0.717) is 13.1 Å². The van der Waals surface area contributed by atoms with Gasteiger partial charge >= 0.3 is 6.03 Å². The Morgan fingerprint density at radius 1 is 1.44 bits per heavy atom. The van der Waals surface area contributed by atoms with Crippen LogP contribution in [0.4, 0.5) is 4.79 Å². The Balaban J connectivity index is 2.27. The molecule has 0 aromatic carbocycles. The number of likely N-dealkylation sites (tertiary alicyclic amines) is 1. The van der Waals surface area contributed by atoms with Crippen LogP contribution in [0.5, 0.6) is 0 Å². The van der Waals surface area contributed by atoms with Crippen LogP contribution in [0.3, 0.4) is 0 Å². The van der Waals surface area contributed by atoms with Crippen LogP contribution in [0, 0.1) is 0 Å². The lowest BCUT2D eigenvalue weighted by Crippen LogP contribution is -2.64. The van der Waals surface area contributed by atoms with Crippen molar-refractivity contribution in [3.8, 4) is 0 Å². The van der Waals surface area contributed by atoms with E-state index < -0.39 is 12.1 Å². The predicted octanol–water partition coefficient (Wildman–Crippen LogP) is -1.98. The van der Waals surface area contributed by atoms with Crippen molar-refractivity contribution in [1.82, 2.24) is 15.5 Å². The number of nitrogens with one attached hydrogen (secondary N) is 2. The highest BCUT2D eigenvalue weighted by Crippen LogP contribution is 2.09. The molecule has 1 atom stereocenters. The Hall–Kier alpha value is -1.83. The summed E-state index contributed by atoms with van der Waals surface area (Å²) in [5.74, 6) is -0.427. The van der Waals surface area contributed by atoms with E-state index >= 15 is 0 Å². The fourth-order valence-electron chi connectivity index (χ4n) is 1.70. The van der Waals surface area contributed by atoms with Crippen molar-refractivity contribution in [2.24, 2.45) is 5.73 Å². The van der Waals surface area contributed by atoms with Gasteiger partial charge in [-0.3, -0.25) is 9.59 Å². The van der Waals surface area contributed by atoms with Crippen molar-refractivity contribution in [2.45, 2.75) is 19.0 Å². The second kappa shape index (κ2) is 6.20. The van der Waals surface area contributed by atoms with E-state index in [1.54, 1.807) is 11.8 Å². The van der Waals surface area contributed by atoms with Gasteiger partial charge < -0.3 is 26.0 Å². The van der Waals surface area contributed by atoms with E-state index in [1.807, 2.05) is 0 Å². The van der Waals surface area contributed by atoms with E-state index in [2.05, 4.69) is 15.4 Å².